The molecule has 2 bridgehead atoms. The Morgan fingerprint density at radius 2 is 1.82 bits per heavy atom. The molecule has 2 aromatic carbocycles. The summed E-state index contributed by atoms with van der Waals surface area (Å²) in [6.45, 7) is 21.7. The molecule has 0 spiro atoms. The summed E-state index contributed by atoms with van der Waals surface area (Å²) >= 11 is 1.24. The van der Waals surface area contributed by atoms with E-state index in [-0.39, 0.29) is 54.0 Å². The van der Waals surface area contributed by atoms with Gasteiger partial charge in [-0.05, 0) is 93.9 Å². The van der Waals surface area contributed by atoms with E-state index in [2.05, 4.69) is 60.0 Å². The molecule has 9 rings (SSSR count). The molecule has 7 heterocycles. The third-order valence-corrected chi connectivity index (χ3v) is 19.8. The number of rotatable bonds is 10. The second kappa shape index (κ2) is 15.9. The highest BCUT2D eigenvalue weighted by atomic mass is 32.1. The Kier molecular flexibility index (Phi) is 11.1. The summed E-state index contributed by atoms with van der Waals surface area (Å²) in [6.07, 6.45) is 2.51. The van der Waals surface area contributed by atoms with Gasteiger partial charge in [-0.2, -0.15) is 15.2 Å². The summed E-state index contributed by atoms with van der Waals surface area (Å²) in [7, 11) is -1.90. The molecule has 0 aliphatic carbocycles. The van der Waals surface area contributed by atoms with Crippen LogP contribution in [0.15, 0.2) is 18.2 Å². The number of aromatic nitrogens is 2. The summed E-state index contributed by atoms with van der Waals surface area (Å²) in [6, 6.07) is 8.12. The molecule has 4 fully saturated rings. The highest BCUT2D eigenvalue weighted by Gasteiger charge is 2.50. The number of carbonyl (C=O) groups is 1. The Labute approximate surface area is 368 Å². The molecule has 5 aliphatic rings. The smallest absolute Gasteiger partial charge is 0.412 e. The summed E-state index contributed by atoms with van der Waals surface area (Å²) in [4.78, 5) is 30.1. The fraction of sp³-hybridized carbons (Fsp3) is 0.609. The van der Waals surface area contributed by atoms with Crippen LogP contribution in [0.1, 0.15) is 90.3 Å². The van der Waals surface area contributed by atoms with Crippen LogP contribution in [0.25, 0.3) is 32.1 Å². The van der Waals surface area contributed by atoms with Gasteiger partial charge in [0.1, 0.15) is 40.8 Å². The maximum atomic E-state index is 18.0. The highest BCUT2D eigenvalue weighted by molar-refractivity contribution is 7.23. The van der Waals surface area contributed by atoms with E-state index in [9.17, 15) is 14.4 Å². The van der Waals surface area contributed by atoms with Gasteiger partial charge in [0.05, 0.1) is 29.7 Å². The second-order valence-corrected chi connectivity index (χ2v) is 26.3. The van der Waals surface area contributed by atoms with Gasteiger partial charge >= 0.3 is 12.1 Å². The fourth-order valence-corrected chi connectivity index (χ4v) is 12.4. The van der Waals surface area contributed by atoms with E-state index in [0.717, 1.165) is 57.4 Å². The van der Waals surface area contributed by atoms with Crippen molar-refractivity contribution in [3.05, 3.63) is 40.7 Å². The first-order valence-corrected chi connectivity index (χ1v) is 25.8. The molecule has 1 amide bonds. The van der Waals surface area contributed by atoms with Crippen LogP contribution in [-0.4, -0.2) is 110 Å². The van der Waals surface area contributed by atoms with Crippen molar-refractivity contribution in [3.8, 4) is 23.2 Å². The zero-order chi connectivity index (χ0) is 43.9. The molecule has 1 N–H and O–H groups in total. The number of nitrogens with one attached hydrogen (secondary N) is 1. The number of nitrogens with zero attached hydrogens (tertiary/aromatic N) is 6. The number of hydrogen-bond donors (Lipinski definition) is 1. The van der Waals surface area contributed by atoms with Crippen LogP contribution in [0.2, 0.25) is 18.1 Å². The number of nitriles is 1. The lowest BCUT2D eigenvalue weighted by Gasteiger charge is -2.43. The predicted molar refractivity (Wildman–Crippen MR) is 241 cm³/mol. The first-order chi connectivity index (χ1) is 29.4. The summed E-state index contributed by atoms with van der Waals surface area (Å²) < 4.78 is 58.4. The van der Waals surface area contributed by atoms with E-state index in [1.807, 2.05) is 18.2 Å². The van der Waals surface area contributed by atoms with Crippen molar-refractivity contribution < 1.29 is 32.2 Å². The Morgan fingerprint density at radius 1 is 1.08 bits per heavy atom. The van der Waals surface area contributed by atoms with E-state index in [4.69, 9.17) is 28.6 Å². The molecule has 0 saturated carbocycles. The zero-order valence-electron chi connectivity index (χ0n) is 37.3. The topological polar surface area (TPSA) is 125 Å². The molecule has 4 atom stereocenters. The first kappa shape index (κ1) is 43.3. The molecule has 62 heavy (non-hydrogen) atoms. The molecule has 332 valence electrons. The van der Waals surface area contributed by atoms with Crippen LogP contribution < -0.4 is 15.0 Å². The minimum Gasteiger partial charge on any atom is -0.461 e. The molecule has 0 radical (unpaired) electrons. The minimum absolute atomic E-state index is 0.0691. The number of anilines is 2. The van der Waals surface area contributed by atoms with Crippen molar-refractivity contribution in [2.75, 3.05) is 56.2 Å². The van der Waals surface area contributed by atoms with E-state index in [0.29, 0.717) is 62.6 Å². The number of piperazine rings is 1. The summed E-state index contributed by atoms with van der Waals surface area (Å²) in [5.74, 6) is 0.0915. The number of hydrogen-bond acceptors (Lipinski definition) is 12. The van der Waals surface area contributed by atoms with Crippen molar-refractivity contribution in [1.29, 1.82) is 5.26 Å². The highest BCUT2D eigenvalue weighted by Crippen LogP contribution is 2.49. The number of alkyl halides is 1. The molecule has 12 nitrogen and oxygen atoms in total. The molecule has 5 aliphatic heterocycles. The van der Waals surface area contributed by atoms with Crippen molar-refractivity contribution >= 4 is 57.6 Å². The van der Waals surface area contributed by atoms with Gasteiger partial charge in [-0.3, -0.25) is 15.1 Å². The van der Waals surface area contributed by atoms with Crippen LogP contribution in [0, 0.1) is 17.1 Å². The normalized spacial score (nSPS) is 24.2. The number of amides is 1. The summed E-state index contributed by atoms with van der Waals surface area (Å²) in [5, 5.41) is 14.9. The largest absolute Gasteiger partial charge is 0.461 e. The Morgan fingerprint density at radius 3 is 2.53 bits per heavy atom. The summed E-state index contributed by atoms with van der Waals surface area (Å²) in [5.41, 5.74) is 1.47. The van der Waals surface area contributed by atoms with Crippen molar-refractivity contribution in [1.82, 2.24) is 19.8 Å². The number of thiophene rings is 1. The van der Waals surface area contributed by atoms with Gasteiger partial charge in [-0.1, -0.05) is 32.9 Å². The monoisotopic (exact) mass is 887 g/mol. The van der Waals surface area contributed by atoms with Gasteiger partial charge in [-0.15, -0.1) is 11.3 Å². The van der Waals surface area contributed by atoms with Gasteiger partial charge in [0.2, 0.25) is 0 Å². The van der Waals surface area contributed by atoms with Gasteiger partial charge in [0, 0.05) is 66.9 Å². The number of benzene rings is 2. The van der Waals surface area contributed by atoms with Gasteiger partial charge in [-0.25, -0.2) is 13.6 Å². The van der Waals surface area contributed by atoms with E-state index in [1.165, 1.54) is 11.3 Å². The van der Waals surface area contributed by atoms with E-state index < -0.39 is 37.5 Å². The SMILES string of the molecule is CC(C)(C)OC(=O)Nc1sc2cccc(-c3c4c(c5c(N6C7CCC6CN(CCO[Si](C)(C)C(C)(C)C)C7)nc(OC[C@@]67CCCN6C[C@H](F)C7)nc5c3F)COC4)c2c1C#N. The van der Waals surface area contributed by atoms with Crippen LogP contribution in [0.3, 0.4) is 0 Å². The van der Waals surface area contributed by atoms with Gasteiger partial charge < -0.3 is 23.5 Å². The molecule has 2 unspecified atom stereocenters. The number of halogens is 2. The Bertz CT molecular complexity index is 2450. The lowest BCUT2D eigenvalue weighted by Crippen LogP contribution is -2.55. The van der Waals surface area contributed by atoms with Crippen LogP contribution in [0.5, 0.6) is 6.01 Å². The lowest BCUT2D eigenvalue weighted by molar-refractivity contribution is 0.0636. The van der Waals surface area contributed by atoms with Gasteiger partial charge in [0.15, 0.2) is 14.1 Å². The molecule has 2 aromatic heterocycles. The maximum absolute atomic E-state index is 18.0. The standard InChI is InChI=1S/C46H59F2N7O5SSi/c1-44(2,3)60-43(56)52-41-31(20-49)35-30(11-9-12-34(35)61-41)36-32-24-57-25-33(32)37-39(38(36)48)50-42(58-26-46-15-10-16-54(46)21-27(47)19-46)51-40(37)55-28-13-14-29(55)23-53(22-28)17-18-59-62(7,8)45(4,5)6/h9,11-12,27-29H,10,13-19,21-26H2,1-8H3,(H,52,56)/t27-,28?,29?,46+/m1/s1. The zero-order valence-corrected chi connectivity index (χ0v) is 39.1. The van der Waals surface area contributed by atoms with Crippen molar-refractivity contribution in [2.45, 2.75) is 134 Å². The minimum atomic E-state index is -1.90. The number of ether oxygens (including phenoxy) is 3. The number of fused-ring (bicyclic) bond motifs is 7. The van der Waals surface area contributed by atoms with Crippen molar-refractivity contribution in [3.63, 3.8) is 0 Å². The van der Waals surface area contributed by atoms with Crippen molar-refractivity contribution in [2.24, 2.45) is 0 Å². The first-order valence-electron chi connectivity index (χ1n) is 22.1. The molecule has 4 saturated heterocycles. The molecule has 16 heteroatoms. The quantitative estimate of drug-likeness (QED) is 0.153. The Hall–Kier alpha value is -3.98. The number of carbonyl (C=O) groups excluding carboxylic acids is 1. The Balaban J connectivity index is 1.13. The van der Waals surface area contributed by atoms with Crippen LogP contribution in [-0.2, 0) is 27.1 Å². The molecular formula is C46H59F2N7O5SSi. The lowest BCUT2D eigenvalue weighted by atomic mass is 9.90. The number of likely N-dealkylation sites (tertiary alicyclic amines) is 1. The molecule has 4 aromatic rings. The van der Waals surface area contributed by atoms with Crippen LogP contribution >= 0.6 is 11.3 Å². The van der Waals surface area contributed by atoms with E-state index >= 15 is 4.39 Å². The second-order valence-electron chi connectivity index (χ2n) is 20.4. The molecular weight excluding hydrogens is 829 g/mol. The van der Waals surface area contributed by atoms with Crippen LogP contribution in [0.4, 0.5) is 24.4 Å². The fourth-order valence-electron chi connectivity index (χ4n) is 10.3. The van der Waals surface area contributed by atoms with E-state index in [1.54, 1.807) is 20.8 Å². The maximum Gasteiger partial charge on any atom is 0.412 e. The van der Waals surface area contributed by atoms with Gasteiger partial charge in [0.25, 0.3) is 0 Å². The average molecular weight is 888 g/mol. The predicted octanol–water partition coefficient (Wildman–Crippen LogP) is 9.53. The third-order valence-electron chi connectivity index (χ3n) is 14.2. The third kappa shape index (κ3) is 7.74. The average Bonchev–Trinajstić information content (AvgIpc) is 4.00.